The second kappa shape index (κ2) is 7.48. The molecule has 116 valence electrons. The van der Waals surface area contributed by atoms with Gasteiger partial charge in [0.2, 0.25) is 0 Å². The van der Waals surface area contributed by atoms with Gasteiger partial charge in [-0.15, -0.1) is 0 Å². The molecule has 0 saturated carbocycles. The molecule has 1 aliphatic heterocycles. The van der Waals surface area contributed by atoms with Gasteiger partial charge in [-0.25, -0.2) is 0 Å². The van der Waals surface area contributed by atoms with Gasteiger partial charge in [0.15, 0.2) is 0 Å². The van der Waals surface area contributed by atoms with Gasteiger partial charge in [0, 0.05) is 25.3 Å². The molecule has 0 spiro atoms. The van der Waals surface area contributed by atoms with Crippen molar-refractivity contribution >= 4 is 11.6 Å². The average Bonchev–Trinajstić information content (AvgIpc) is 2.52. The molecule has 1 saturated heterocycles. The Balaban J connectivity index is 2.11. The second-order valence-electron chi connectivity index (χ2n) is 6.12. The summed E-state index contributed by atoms with van der Waals surface area (Å²) in [6.45, 7) is 9.16. The van der Waals surface area contributed by atoms with E-state index in [1.165, 1.54) is 12.0 Å². The zero-order valence-corrected chi connectivity index (χ0v) is 13.6. The van der Waals surface area contributed by atoms with E-state index in [0.717, 1.165) is 56.1 Å². The van der Waals surface area contributed by atoms with Crippen LogP contribution in [-0.4, -0.2) is 30.4 Å². The topological polar surface area (TPSA) is 32.3 Å². The first-order chi connectivity index (χ1) is 10.2. The number of rotatable bonds is 5. The molecule has 0 aromatic heterocycles. The summed E-state index contributed by atoms with van der Waals surface area (Å²) >= 11 is 0. The van der Waals surface area contributed by atoms with Crippen molar-refractivity contribution in [1.29, 1.82) is 0 Å². The highest BCUT2D eigenvalue weighted by Gasteiger charge is 2.24. The molecule has 1 fully saturated rings. The second-order valence-corrected chi connectivity index (χ2v) is 6.12. The molecular formula is C18H28N2O. The number of aryl methyl sites for hydroxylation is 1. The molecule has 21 heavy (non-hydrogen) atoms. The Kier molecular flexibility index (Phi) is 5.66. The van der Waals surface area contributed by atoms with E-state index in [-0.39, 0.29) is 5.91 Å². The maximum Gasteiger partial charge on any atom is 0.255 e. The molecule has 1 heterocycles. The van der Waals surface area contributed by atoms with E-state index in [0.29, 0.717) is 0 Å². The van der Waals surface area contributed by atoms with Crippen LogP contribution >= 0.6 is 0 Å². The molecule has 1 aromatic carbocycles. The minimum Gasteiger partial charge on any atom is -0.384 e. The Hall–Kier alpha value is -1.51. The van der Waals surface area contributed by atoms with E-state index < -0.39 is 0 Å². The number of hydrogen-bond acceptors (Lipinski definition) is 2. The van der Waals surface area contributed by atoms with Crippen LogP contribution in [0, 0.1) is 12.8 Å². The van der Waals surface area contributed by atoms with Gasteiger partial charge in [0.1, 0.15) is 0 Å². The third-order valence-corrected chi connectivity index (χ3v) is 4.45. The summed E-state index contributed by atoms with van der Waals surface area (Å²) < 4.78 is 0. The van der Waals surface area contributed by atoms with Crippen LogP contribution in [0.4, 0.5) is 5.69 Å². The fraction of sp³-hybridized carbons (Fsp3) is 0.611. The standard InChI is InChI=1S/C18H28N2O/c1-4-10-19-17-13-14(3)6-7-16(17)18(21)20-11-8-15(5-2)9-12-20/h6-7,13,15,19H,4-5,8-12H2,1-3H3. The maximum atomic E-state index is 12.8. The molecule has 1 amide bonds. The monoisotopic (exact) mass is 288 g/mol. The van der Waals surface area contributed by atoms with Crippen LogP contribution in [0.5, 0.6) is 0 Å². The number of anilines is 1. The lowest BCUT2D eigenvalue weighted by Gasteiger charge is -2.32. The molecule has 3 heteroatoms. The Morgan fingerprint density at radius 2 is 2.00 bits per heavy atom. The molecule has 1 N–H and O–H groups in total. The van der Waals surface area contributed by atoms with Gasteiger partial charge in [-0.3, -0.25) is 4.79 Å². The summed E-state index contributed by atoms with van der Waals surface area (Å²) in [5, 5.41) is 3.40. The van der Waals surface area contributed by atoms with Crippen LogP contribution in [0.25, 0.3) is 0 Å². The summed E-state index contributed by atoms with van der Waals surface area (Å²) in [6.07, 6.45) is 4.58. The molecule has 3 nitrogen and oxygen atoms in total. The fourth-order valence-corrected chi connectivity index (χ4v) is 2.97. The van der Waals surface area contributed by atoms with E-state index >= 15 is 0 Å². The van der Waals surface area contributed by atoms with Crippen molar-refractivity contribution < 1.29 is 4.79 Å². The van der Waals surface area contributed by atoms with Crippen LogP contribution in [0.3, 0.4) is 0 Å². The first-order valence-corrected chi connectivity index (χ1v) is 8.29. The number of hydrogen-bond donors (Lipinski definition) is 1. The van der Waals surface area contributed by atoms with Gasteiger partial charge < -0.3 is 10.2 Å². The SMILES string of the molecule is CCCNc1cc(C)ccc1C(=O)N1CCC(CC)CC1. The Labute approximate surface area is 128 Å². The summed E-state index contributed by atoms with van der Waals surface area (Å²) in [4.78, 5) is 14.8. The number of likely N-dealkylation sites (tertiary alicyclic amines) is 1. The van der Waals surface area contributed by atoms with E-state index in [1.54, 1.807) is 0 Å². The molecule has 0 unspecified atom stereocenters. The van der Waals surface area contributed by atoms with Crippen molar-refractivity contribution in [3.8, 4) is 0 Å². The molecule has 0 aliphatic carbocycles. The average molecular weight is 288 g/mol. The maximum absolute atomic E-state index is 12.8. The summed E-state index contributed by atoms with van der Waals surface area (Å²) in [5.41, 5.74) is 3.00. The van der Waals surface area contributed by atoms with Crippen LogP contribution in [-0.2, 0) is 0 Å². The number of nitrogens with zero attached hydrogens (tertiary/aromatic N) is 1. The van der Waals surface area contributed by atoms with Crippen molar-refractivity contribution in [1.82, 2.24) is 4.90 Å². The van der Waals surface area contributed by atoms with Crippen LogP contribution in [0.2, 0.25) is 0 Å². The third kappa shape index (κ3) is 3.99. The van der Waals surface area contributed by atoms with Gasteiger partial charge in [0.05, 0.1) is 5.56 Å². The smallest absolute Gasteiger partial charge is 0.255 e. The quantitative estimate of drug-likeness (QED) is 0.885. The highest BCUT2D eigenvalue weighted by molar-refractivity contribution is 5.99. The first-order valence-electron chi connectivity index (χ1n) is 8.29. The lowest BCUT2D eigenvalue weighted by molar-refractivity contribution is 0.0690. The number of nitrogens with one attached hydrogen (secondary N) is 1. The van der Waals surface area contributed by atoms with E-state index in [9.17, 15) is 4.79 Å². The van der Waals surface area contributed by atoms with E-state index in [2.05, 4.69) is 32.2 Å². The van der Waals surface area contributed by atoms with E-state index in [4.69, 9.17) is 0 Å². The Morgan fingerprint density at radius 1 is 1.29 bits per heavy atom. The minimum absolute atomic E-state index is 0.183. The van der Waals surface area contributed by atoms with Gasteiger partial charge in [0.25, 0.3) is 5.91 Å². The van der Waals surface area contributed by atoms with Gasteiger partial charge >= 0.3 is 0 Å². The molecular weight excluding hydrogens is 260 g/mol. The zero-order chi connectivity index (χ0) is 15.2. The molecule has 0 atom stereocenters. The van der Waals surface area contributed by atoms with E-state index in [1.807, 2.05) is 17.0 Å². The Morgan fingerprint density at radius 3 is 2.62 bits per heavy atom. The Bertz CT molecular complexity index is 476. The summed E-state index contributed by atoms with van der Waals surface area (Å²) in [5.74, 6) is 0.980. The summed E-state index contributed by atoms with van der Waals surface area (Å²) in [7, 11) is 0. The zero-order valence-electron chi connectivity index (χ0n) is 13.6. The molecule has 1 aromatic rings. The van der Waals surface area contributed by atoms with Crippen LogP contribution in [0.1, 0.15) is 55.5 Å². The van der Waals surface area contributed by atoms with Crippen molar-refractivity contribution in [2.24, 2.45) is 5.92 Å². The number of carbonyl (C=O) groups is 1. The lowest BCUT2D eigenvalue weighted by atomic mass is 9.94. The van der Waals surface area contributed by atoms with Gasteiger partial charge in [-0.2, -0.15) is 0 Å². The number of benzene rings is 1. The van der Waals surface area contributed by atoms with Gasteiger partial charge in [-0.1, -0.05) is 26.3 Å². The molecule has 0 radical (unpaired) electrons. The number of piperidine rings is 1. The number of amides is 1. The highest BCUT2D eigenvalue weighted by Crippen LogP contribution is 2.24. The van der Waals surface area contributed by atoms with Crippen LogP contribution in [0.15, 0.2) is 18.2 Å². The predicted molar refractivity (Wildman–Crippen MR) is 88.9 cm³/mol. The molecule has 2 rings (SSSR count). The molecule has 0 bridgehead atoms. The normalized spacial score (nSPS) is 16.0. The lowest BCUT2D eigenvalue weighted by Crippen LogP contribution is -2.38. The minimum atomic E-state index is 0.183. The van der Waals surface area contributed by atoms with Crippen LogP contribution < -0.4 is 5.32 Å². The van der Waals surface area contributed by atoms with Crippen molar-refractivity contribution in [2.45, 2.75) is 46.5 Å². The van der Waals surface area contributed by atoms with Gasteiger partial charge in [-0.05, 0) is 49.8 Å². The fourth-order valence-electron chi connectivity index (χ4n) is 2.97. The van der Waals surface area contributed by atoms with Crippen molar-refractivity contribution in [3.63, 3.8) is 0 Å². The third-order valence-electron chi connectivity index (χ3n) is 4.45. The summed E-state index contributed by atoms with van der Waals surface area (Å²) in [6, 6.07) is 6.09. The van der Waals surface area contributed by atoms with Crippen molar-refractivity contribution in [3.05, 3.63) is 29.3 Å². The van der Waals surface area contributed by atoms with Crippen molar-refractivity contribution in [2.75, 3.05) is 25.0 Å². The molecule has 1 aliphatic rings. The number of carbonyl (C=O) groups excluding carboxylic acids is 1. The first kappa shape index (κ1) is 15.9. The largest absolute Gasteiger partial charge is 0.384 e. The predicted octanol–water partition coefficient (Wildman–Crippen LogP) is 4.08. The highest BCUT2D eigenvalue weighted by atomic mass is 16.2.